The fourth-order valence-electron chi connectivity index (χ4n) is 1.13. The van der Waals surface area contributed by atoms with Gasteiger partial charge in [0.2, 0.25) is 0 Å². The van der Waals surface area contributed by atoms with E-state index in [-0.39, 0.29) is 0 Å². The van der Waals surface area contributed by atoms with Crippen molar-refractivity contribution < 1.29 is 5.21 Å². The number of hydrogen-bond donors (Lipinski definition) is 1. The van der Waals surface area contributed by atoms with Crippen molar-refractivity contribution in [3.05, 3.63) is 12.2 Å². The van der Waals surface area contributed by atoms with Crippen LogP contribution in [0.1, 0.15) is 32.1 Å². The number of allylic oxidation sites excluding steroid dienone is 2. The lowest BCUT2D eigenvalue weighted by molar-refractivity contribution is 0.316. The summed E-state index contributed by atoms with van der Waals surface area (Å²) in [6.45, 7) is 0. The summed E-state index contributed by atoms with van der Waals surface area (Å²) < 4.78 is 0. The molecule has 1 aliphatic rings. The maximum atomic E-state index is 8.47. The quantitative estimate of drug-likeness (QED) is 0.312. The fraction of sp³-hybridized carbons (Fsp3) is 0.625. The van der Waals surface area contributed by atoms with Gasteiger partial charge in [-0.2, -0.15) is 0 Å². The molecule has 2 nitrogen and oxygen atoms in total. The SMILES string of the molecule is ON=C1CC/C=C/CCC1. The van der Waals surface area contributed by atoms with E-state index in [9.17, 15) is 0 Å². The molecule has 0 atom stereocenters. The maximum absolute atomic E-state index is 8.47. The molecule has 0 aromatic heterocycles. The van der Waals surface area contributed by atoms with Gasteiger partial charge in [0.25, 0.3) is 0 Å². The molecule has 0 bridgehead atoms. The average molecular weight is 139 g/mol. The number of hydrogen-bond acceptors (Lipinski definition) is 2. The third-order valence-corrected chi connectivity index (χ3v) is 1.74. The molecule has 0 fully saturated rings. The summed E-state index contributed by atoms with van der Waals surface area (Å²) in [7, 11) is 0. The summed E-state index contributed by atoms with van der Waals surface area (Å²) in [6.07, 6.45) is 9.51. The molecule has 0 radical (unpaired) electrons. The minimum atomic E-state index is 0.924. The van der Waals surface area contributed by atoms with Crippen molar-refractivity contribution in [1.82, 2.24) is 0 Å². The fourth-order valence-corrected chi connectivity index (χ4v) is 1.13. The van der Waals surface area contributed by atoms with Crippen LogP contribution in [-0.4, -0.2) is 10.9 Å². The topological polar surface area (TPSA) is 32.6 Å². The van der Waals surface area contributed by atoms with Crippen molar-refractivity contribution in [1.29, 1.82) is 0 Å². The Bertz CT molecular complexity index is 149. The van der Waals surface area contributed by atoms with Crippen LogP contribution in [0.4, 0.5) is 0 Å². The van der Waals surface area contributed by atoms with Gasteiger partial charge in [-0.25, -0.2) is 0 Å². The largest absolute Gasteiger partial charge is 0.411 e. The predicted octanol–water partition coefficient (Wildman–Crippen LogP) is 2.34. The van der Waals surface area contributed by atoms with Crippen molar-refractivity contribution in [2.45, 2.75) is 32.1 Å². The molecule has 0 saturated carbocycles. The molecule has 0 saturated heterocycles. The molecule has 0 unspecified atom stereocenters. The Morgan fingerprint density at radius 1 is 1.20 bits per heavy atom. The summed E-state index contributed by atoms with van der Waals surface area (Å²) in [5.41, 5.74) is 0.948. The highest BCUT2D eigenvalue weighted by Gasteiger charge is 2.00. The van der Waals surface area contributed by atoms with Gasteiger partial charge in [0.15, 0.2) is 0 Å². The van der Waals surface area contributed by atoms with Gasteiger partial charge in [0.05, 0.1) is 5.71 Å². The molecule has 0 aromatic carbocycles. The van der Waals surface area contributed by atoms with Gasteiger partial charge in [0, 0.05) is 0 Å². The first-order valence-corrected chi connectivity index (χ1v) is 3.78. The number of rotatable bonds is 0. The Labute approximate surface area is 61.2 Å². The highest BCUT2D eigenvalue weighted by atomic mass is 16.4. The van der Waals surface area contributed by atoms with Crippen LogP contribution in [0.5, 0.6) is 0 Å². The maximum Gasteiger partial charge on any atom is 0.0574 e. The zero-order valence-corrected chi connectivity index (χ0v) is 6.08. The van der Waals surface area contributed by atoms with Gasteiger partial charge in [-0.3, -0.25) is 0 Å². The lowest BCUT2D eigenvalue weighted by Gasteiger charge is -2.03. The van der Waals surface area contributed by atoms with Gasteiger partial charge < -0.3 is 5.21 Å². The second-order valence-corrected chi connectivity index (χ2v) is 2.57. The van der Waals surface area contributed by atoms with Crippen molar-refractivity contribution in [2.75, 3.05) is 0 Å². The van der Waals surface area contributed by atoms with E-state index in [1.54, 1.807) is 0 Å². The average Bonchev–Trinajstić information content (AvgIpc) is 1.87. The van der Waals surface area contributed by atoms with E-state index in [0.717, 1.165) is 37.8 Å². The van der Waals surface area contributed by atoms with Crippen molar-refractivity contribution in [3.8, 4) is 0 Å². The van der Waals surface area contributed by atoms with Gasteiger partial charge in [-0.05, 0) is 32.1 Å². The first-order valence-electron chi connectivity index (χ1n) is 3.78. The van der Waals surface area contributed by atoms with Crippen LogP contribution in [0, 0.1) is 0 Å². The highest BCUT2D eigenvalue weighted by molar-refractivity contribution is 5.84. The zero-order valence-electron chi connectivity index (χ0n) is 6.08. The number of oxime groups is 1. The van der Waals surface area contributed by atoms with E-state index in [1.807, 2.05) is 0 Å². The predicted molar refractivity (Wildman–Crippen MR) is 41.4 cm³/mol. The summed E-state index contributed by atoms with van der Waals surface area (Å²) in [5, 5.41) is 11.7. The molecule has 1 rings (SSSR count). The molecule has 1 N–H and O–H groups in total. The van der Waals surface area contributed by atoms with Gasteiger partial charge in [-0.1, -0.05) is 17.3 Å². The monoisotopic (exact) mass is 139 g/mol. The third-order valence-electron chi connectivity index (χ3n) is 1.74. The molecule has 0 spiro atoms. The van der Waals surface area contributed by atoms with E-state index >= 15 is 0 Å². The van der Waals surface area contributed by atoms with Crippen LogP contribution >= 0.6 is 0 Å². The van der Waals surface area contributed by atoms with E-state index in [4.69, 9.17) is 5.21 Å². The molecular weight excluding hydrogens is 126 g/mol. The first kappa shape index (κ1) is 7.32. The van der Waals surface area contributed by atoms with Crippen LogP contribution in [-0.2, 0) is 0 Å². The normalized spacial score (nSPS) is 27.4. The first-order chi connectivity index (χ1) is 4.93. The summed E-state index contributed by atoms with van der Waals surface area (Å²) in [6, 6.07) is 0. The molecule has 0 heterocycles. The van der Waals surface area contributed by atoms with Crippen molar-refractivity contribution in [3.63, 3.8) is 0 Å². The Balaban J connectivity index is 2.42. The molecule has 0 aromatic rings. The Hall–Kier alpha value is -0.790. The molecule has 0 amide bonds. The van der Waals surface area contributed by atoms with Gasteiger partial charge in [-0.15, -0.1) is 0 Å². The molecule has 56 valence electrons. The van der Waals surface area contributed by atoms with Crippen LogP contribution < -0.4 is 0 Å². The highest BCUT2D eigenvalue weighted by Crippen LogP contribution is 2.08. The minimum Gasteiger partial charge on any atom is -0.411 e. The zero-order chi connectivity index (χ0) is 7.23. The minimum absolute atomic E-state index is 0.924. The van der Waals surface area contributed by atoms with Crippen LogP contribution in [0.2, 0.25) is 0 Å². The van der Waals surface area contributed by atoms with Crippen LogP contribution in [0.15, 0.2) is 17.3 Å². The summed E-state index contributed by atoms with van der Waals surface area (Å²) in [4.78, 5) is 0. The standard InChI is InChI=1S/C8H13NO/c10-9-8-6-4-2-1-3-5-7-8/h1-2,10H,3-7H2/b2-1+,9-8?. The number of nitrogens with zero attached hydrogens (tertiary/aromatic N) is 1. The summed E-state index contributed by atoms with van der Waals surface area (Å²) >= 11 is 0. The van der Waals surface area contributed by atoms with Crippen LogP contribution in [0.3, 0.4) is 0 Å². The molecule has 0 aliphatic heterocycles. The third kappa shape index (κ3) is 2.21. The Morgan fingerprint density at radius 3 is 2.80 bits per heavy atom. The van der Waals surface area contributed by atoms with Crippen molar-refractivity contribution in [2.24, 2.45) is 5.16 Å². The van der Waals surface area contributed by atoms with E-state index < -0.39 is 0 Å². The smallest absolute Gasteiger partial charge is 0.0574 e. The van der Waals surface area contributed by atoms with Crippen molar-refractivity contribution >= 4 is 5.71 Å². The second-order valence-electron chi connectivity index (χ2n) is 2.57. The Kier molecular flexibility index (Phi) is 3.00. The van der Waals surface area contributed by atoms with Gasteiger partial charge >= 0.3 is 0 Å². The lowest BCUT2D eigenvalue weighted by atomic mass is 10.0. The molecule has 1 aliphatic carbocycles. The second kappa shape index (κ2) is 4.09. The van der Waals surface area contributed by atoms with Gasteiger partial charge in [0.1, 0.15) is 0 Å². The van der Waals surface area contributed by atoms with Crippen LogP contribution in [0.25, 0.3) is 0 Å². The lowest BCUT2D eigenvalue weighted by Crippen LogP contribution is -1.99. The summed E-state index contributed by atoms with van der Waals surface area (Å²) in [5.74, 6) is 0. The molecule has 10 heavy (non-hydrogen) atoms. The molecular formula is C8H13NO. The van der Waals surface area contributed by atoms with E-state index in [0.29, 0.717) is 0 Å². The van der Waals surface area contributed by atoms with E-state index in [1.165, 1.54) is 0 Å². The van der Waals surface area contributed by atoms with E-state index in [2.05, 4.69) is 17.3 Å². The molecule has 2 heteroatoms. The Morgan fingerprint density at radius 2 is 2.00 bits per heavy atom.